The molecule has 100 valence electrons. The van der Waals surface area contributed by atoms with Gasteiger partial charge in [0.2, 0.25) is 5.91 Å². The monoisotopic (exact) mass is 267 g/mol. The number of pyridine rings is 1. The van der Waals surface area contributed by atoms with Gasteiger partial charge < -0.3 is 9.47 Å². The maximum atomic E-state index is 12.1. The van der Waals surface area contributed by atoms with Crippen LogP contribution in [0, 0.1) is 11.3 Å². The minimum atomic E-state index is 0.0906. The van der Waals surface area contributed by atoms with Gasteiger partial charge in [0.1, 0.15) is 11.8 Å². The second kappa shape index (κ2) is 5.13. The molecule has 2 aromatic heterocycles. The quantitative estimate of drug-likeness (QED) is 0.823. The van der Waals surface area contributed by atoms with Crippen LogP contribution in [-0.4, -0.2) is 38.4 Å². The van der Waals surface area contributed by atoms with Crippen molar-refractivity contribution in [3.8, 4) is 6.07 Å². The molecule has 0 aromatic carbocycles. The zero-order chi connectivity index (χ0) is 13.9. The van der Waals surface area contributed by atoms with E-state index in [0.29, 0.717) is 18.2 Å². The van der Waals surface area contributed by atoms with E-state index in [1.807, 2.05) is 21.7 Å². The Morgan fingerprint density at radius 3 is 2.90 bits per heavy atom. The molecule has 0 spiro atoms. The highest BCUT2D eigenvalue weighted by molar-refractivity contribution is 5.79. The van der Waals surface area contributed by atoms with Crippen molar-refractivity contribution in [2.24, 2.45) is 0 Å². The van der Waals surface area contributed by atoms with Crippen LogP contribution in [-0.2, 0) is 11.2 Å². The molecule has 0 bridgehead atoms. The van der Waals surface area contributed by atoms with E-state index < -0.39 is 0 Å². The Bertz CT molecular complexity index is 635. The predicted octanol–water partition coefficient (Wildman–Crippen LogP) is 0.776. The largest absolute Gasteiger partial charge is 0.338 e. The van der Waals surface area contributed by atoms with E-state index in [4.69, 9.17) is 5.26 Å². The van der Waals surface area contributed by atoms with E-state index in [9.17, 15) is 4.79 Å². The molecule has 20 heavy (non-hydrogen) atoms. The zero-order valence-corrected chi connectivity index (χ0v) is 10.8. The highest BCUT2D eigenvalue weighted by Gasteiger charge is 2.31. The molecule has 3 rings (SSSR count). The predicted molar refractivity (Wildman–Crippen MR) is 70.5 cm³/mol. The summed E-state index contributed by atoms with van der Waals surface area (Å²) in [7, 11) is 0. The first-order chi connectivity index (χ1) is 9.76. The van der Waals surface area contributed by atoms with Gasteiger partial charge >= 0.3 is 0 Å². The van der Waals surface area contributed by atoms with E-state index >= 15 is 0 Å². The lowest BCUT2D eigenvalue weighted by Crippen LogP contribution is -2.51. The Kier molecular flexibility index (Phi) is 3.17. The summed E-state index contributed by atoms with van der Waals surface area (Å²) in [6.07, 6.45) is 7.35. The lowest BCUT2D eigenvalue weighted by Gasteiger charge is -2.39. The molecule has 0 N–H and O–H groups in total. The van der Waals surface area contributed by atoms with Crippen molar-refractivity contribution in [3.63, 3.8) is 0 Å². The van der Waals surface area contributed by atoms with E-state index in [1.54, 1.807) is 30.9 Å². The van der Waals surface area contributed by atoms with Gasteiger partial charge in [-0.2, -0.15) is 5.26 Å². The molecule has 1 aliphatic rings. The fourth-order valence-corrected chi connectivity index (χ4v) is 2.21. The number of nitriles is 1. The average molecular weight is 267 g/mol. The molecule has 6 heteroatoms. The average Bonchev–Trinajstić information content (AvgIpc) is 2.91. The first-order valence-corrected chi connectivity index (χ1v) is 6.36. The van der Waals surface area contributed by atoms with Gasteiger partial charge in [0.25, 0.3) is 0 Å². The van der Waals surface area contributed by atoms with Gasteiger partial charge in [0, 0.05) is 31.7 Å². The van der Waals surface area contributed by atoms with E-state index in [-0.39, 0.29) is 5.91 Å². The molecule has 1 fully saturated rings. The molecule has 0 unspecified atom stereocenters. The van der Waals surface area contributed by atoms with Crippen LogP contribution in [0.5, 0.6) is 0 Å². The third-order valence-corrected chi connectivity index (χ3v) is 3.46. The van der Waals surface area contributed by atoms with Crippen LogP contribution in [0.2, 0.25) is 0 Å². The standard InChI is InChI=1S/C14H13N5O/c15-6-12-2-1-11(7-17-12)5-14(20)19-8-13(9-19)18-4-3-16-10-18/h1-4,7,10,13H,5,8-9H2. The summed E-state index contributed by atoms with van der Waals surface area (Å²) >= 11 is 0. The lowest BCUT2D eigenvalue weighted by atomic mass is 10.1. The molecule has 1 aliphatic heterocycles. The zero-order valence-electron chi connectivity index (χ0n) is 10.8. The van der Waals surface area contributed by atoms with Crippen LogP contribution in [0.1, 0.15) is 17.3 Å². The number of hydrogen-bond donors (Lipinski definition) is 0. The summed E-state index contributed by atoms with van der Waals surface area (Å²) in [5, 5.41) is 8.67. The van der Waals surface area contributed by atoms with Crippen molar-refractivity contribution in [2.75, 3.05) is 13.1 Å². The summed E-state index contributed by atoms with van der Waals surface area (Å²) in [6.45, 7) is 1.44. The van der Waals surface area contributed by atoms with Gasteiger partial charge in [-0.15, -0.1) is 0 Å². The molecule has 0 saturated carbocycles. The smallest absolute Gasteiger partial charge is 0.227 e. The third-order valence-electron chi connectivity index (χ3n) is 3.46. The third kappa shape index (κ3) is 2.38. The SMILES string of the molecule is N#Cc1ccc(CC(=O)N2CC(n3ccnc3)C2)cn1. The van der Waals surface area contributed by atoms with Crippen molar-refractivity contribution in [1.29, 1.82) is 5.26 Å². The summed E-state index contributed by atoms with van der Waals surface area (Å²) in [5.41, 5.74) is 1.20. The molecule has 0 aliphatic carbocycles. The van der Waals surface area contributed by atoms with Gasteiger partial charge in [-0.3, -0.25) is 4.79 Å². The Balaban J connectivity index is 1.54. The Morgan fingerprint density at radius 2 is 2.30 bits per heavy atom. The van der Waals surface area contributed by atoms with Crippen molar-refractivity contribution in [1.82, 2.24) is 19.4 Å². The molecule has 0 radical (unpaired) electrons. The van der Waals surface area contributed by atoms with Crippen LogP contribution in [0.15, 0.2) is 37.1 Å². The fraction of sp³-hybridized carbons (Fsp3) is 0.286. The van der Waals surface area contributed by atoms with Crippen LogP contribution >= 0.6 is 0 Å². The number of imidazole rings is 1. The highest BCUT2D eigenvalue weighted by Crippen LogP contribution is 2.21. The van der Waals surface area contributed by atoms with Gasteiger partial charge in [-0.05, 0) is 11.6 Å². The maximum Gasteiger partial charge on any atom is 0.227 e. The number of nitrogens with zero attached hydrogens (tertiary/aromatic N) is 5. The maximum absolute atomic E-state index is 12.1. The summed E-state index contributed by atoms with van der Waals surface area (Å²) < 4.78 is 2.02. The normalized spacial score (nSPS) is 14.7. The summed E-state index contributed by atoms with van der Waals surface area (Å²) in [5.74, 6) is 0.0906. The van der Waals surface area contributed by atoms with Crippen molar-refractivity contribution >= 4 is 5.91 Å². The van der Waals surface area contributed by atoms with Crippen LogP contribution in [0.4, 0.5) is 0 Å². The topological polar surface area (TPSA) is 74.8 Å². The summed E-state index contributed by atoms with van der Waals surface area (Å²) in [4.78, 5) is 21.9. The number of rotatable bonds is 3. The summed E-state index contributed by atoms with van der Waals surface area (Å²) in [6, 6.07) is 5.70. The van der Waals surface area contributed by atoms with Crippen LogP contribution < -0.4 is 0 Å². The number of carbonyl (C=O) groups is 1. The number of hydrogen-bond acceptors (Lipinski definition) is 4. The number of aromatic nitrogens is 3. The Morgan fingerprint density at radius 1 is 1.45 bits per heavy atom. The van der Waals surface area contributed by atoms with Gasteiger partial charge in [0.05, 0.1) is 18.8 Å². The molecule has 1 saturated heterocycles. The van der Waals surface area contributed by atoms with Crippen molar-refractivity contribution < 1.29 is 4.79 Å². The van der Waals surface area contributed by atoms with Crippen LogP contribution in [0.3, 0.4) is 0 Å². The van der Waals surface area contributed by atoms with Crippen LogP contribution in [0.25, 0.3) is 0 Å². The van der Waals surface area contributed by atoms with E-state index in [0.717, 1.165) is 18.7 Å². The second-order valence-electron chi connectivity index (χ2n) is 4.80. The molecule has 3 heterocycles. The molecule has 2 aromatic rings. The molecular formula is C14H13N5O. The number of likely N-dealkylation sites (tertiary alicyclic amines) is 1. The van der Waals surface area contributed by atoms with Crippen molar-refractivity contribution in [3.05, 3.63) is 48.3 Å². The van der Waals surface area contributed by atoms with E-state index in [2.05, 4.69) is 9.97 Å². The Hall–Kier alpha value is -2.68. The van der Waals surface area contributed by atoms with Gasteiger partial charge in [-0.25, -0.2) is 9.97 Å². The first-order valence-electron chi connectivity index (χ1n) is 6.36. The Labute approximate surface area is 116 Å². The molecule has 6 nitrogen and oxygen atoms in total. The van der Waals surface area contributed by atoms with Gasteiger partial charge in [0.15, 0.2) is 0 Å². The fourth-order valence-electron chi connectivity index (χ4n) is 2.21. The van der Waals surface area contributed by atoms with Crippen molar-refractivity contribution in [2.45, 2.75) is 12.5 Å². The van der Waals surface area contributed by atoms with Gasteiger partial charge in [-0.1, -0.05) is 6.07 Å². The lowest BCUT2D eigenvalue weighted by molar-refractivity contribution is -0.136. The molecule has 0 atom stereocenters. The molecular weight excluding hydrogens is 254 g/mol. The number of amides is 1. The highest BCUT2D eigenvalue weighted by atomic mass is 16.2. The first kappa shape index (κ1) is 12.4. The second-order valence-corrected chi connectivity index (χ2v) is 4.80. The molecule has 1 amide bonds. The minimum absolute atomic E-state index is 0.0906. The minimum Gasteiger partial charge on any atom is -0.338 e. The number of carbonyl (C=O) groups excluding carboxylic acids is 1. The van der Waals surface area contributed by atoms with E-state index in [1.165, 1.54) is 0 Å².